The van der Waals surface area contributed by atoms with Gasteiger partial charge in [0, 0.05) is 26.1 Å². The van der Waals surface area contributed by atoms with Crippen LogP contribution in [0.1, 0.15) is 24.5 Å². The van der Waals surface area contributed by atoms with Crippen molar-refractivity contribution in [3.8, 4) is 6.07 Å². The van der Waals surface area contributed by atoms with Gasteiger partial charge in [0.05, 0.1) is 25.6 Å². The van der Waals surface area contributed by atoms with Gasteiger partial charge < -0.3 is 10.2 Å². The number of nitriles is 1. The van der Waals surface area contributed by atoms with Crippen molar-refractivity contribution in [2.75, 3.05) is 20.1 Å². The van der Waals surface area contributed by atoms with Crippen molar-refractivity contribution in [1.29, 1.82) is 5.26 Å². The molecule has 20 heavy (non-hydrogen) atoms. The molecule has 0 radical (unpaired) electrons. The van der Waals surface area contributed by atoms with E-state index in [0.29, 0.717) is 19.5 Å². The van der Waals surface area contributed by atoms with Gasteiger partial charge in [0.25, 0.3) is 0 Å². The maximum atomic E-state index is 11.9. The average Bonchev–Trinajstić information content (AvgIpc) is 2.81. The molecule has 0 aliphatic carbocycles. The summed E-state index contributed by atoms with van der Waals surface area (Å²) in [5.74, 6) is 1.84. The Morgan fingerprint density at radius 1 is 1.65 bits per heavy atom. The first-order valence-corrected chi connectivity index (χ1v) is 6.84. The summed E-state index contributed by atoms with van der Waals surface area (Å²) in [6.07, 6.45) is 2.22. The molecular weight excluding hydrogens is 256 g/mol. The van der Waals surface area contributed by atoms with Crippen LogP contribution in [0.3, 0.4) is 0 Å². The third kappa shape index (κ3) is 3.54. The number of nitrogens with one attached hydrogen (secondary N) is 1. The number of rotatable bonds is 5. The van der Waals surface area contributed by atoms with Crippen LogP contribution in [0.4, 0.5) is 0 Å². The van der Waals surface area contributed by atoms with E-state index in [1.807, 2.05) is 17.7 Å². The van der Waals surface area contributed by atoms with Gasteiger partial charge in [-0.1, -0.05) is 0 Å². The lowest BCUT2D eigenvalue weighted by atomic mass is 10.1. The molecular formula is C13H20N6O. The van der Waals surface area contributed by atoms with E-state index in [0.717, 1.165) is 31.0 Å². The zero-order chi connectivity index (χ0) is 14.5. The zero-order valence-corrected chi connectivity index (χ0v) is 12.0. The standard InChI is InChI=1S/C13H20N6O/c1-10-16-12-5-4-11(9-19(12)17-10)15-8-13(20)18(2)7-3-6-14/h11,15H,3-5,7-9H2,1-2H3/t11-/m0/s1. The van der Waals surface area contributed by atoms with Gasteiger partial charge in [0.15, 0.2) is 0 Å². The summed E-state index contributed by atoms with van der Waals surface area (Å²) in [7, 11) is 1.72. The van der Waals surface area contributed by atoms with Gasteiger partial charge in [-0.15, -0.1) is 0 Å². The summed E-state index contributed by atoms with van der Waals surface area (Å²) in [6, 6.07) is 2.29. The number of aryl methyl sites for hydroxylation is 2. The molecule has 1 aliphatic rings. The van der Waals surface area contributed by atoms with Crippen molar-refractivity contribution in [2.24, 2.45) is 0 Å². The van der Waals surface area contributed by atoms with Crippen molar-refractivity contribution < 1.29 is 4.79 Å². The Bertz CT molecular complexity index is 517. The van der Waals surface area contributed by atoms with Crippen LogP contribution in [0.2, 0.25) is 0 Å². The minimum Gasteiger partial charge on any atom is -0.344 e. The van der Waals surface area contributed by atoms with Crippen molar-refractivity contribution in [2.45, 2.75) is 38.8 Å². The van der Waals surface area contributed by atoms with Gasteiger partial charge in [0.1, 0.15) is 11.6 Å². The second kappa shape index (κ2) is 6.48. The highest BCUT2D eigenvalue weighted by Crippen LogP contribution is 2.12. The van der Waals surface area contributed by atoms with Gasteiger partial charge in [-0.05, 0) is 13.3 Å². The van der Waals surface area contributed by atoms with Crippen molar-refractivity contribution >= 4 is 5.91 Å². The number of carbonyl (C=O) groups is 1. The number of likely N-dealkylation sites (N-methyl/N-ethyl adjacent to an activating group) is 1. The normalized spacial score (nSPS) is 17.4. The molecule has 1 atom stereocenters. The molecule has 0 aromatic carbocycles. The van der Waals surface area contributed by atoms with Crippen LogP contribution in [0.25, 0.3) is 0 Å². The van der Waals surface area contributed by atoms with E-state index < -0.39 is 0 Å². The second-order valence-electron chi connectivity index (χ2n) is 5.10. The van der Waals surface area contributed by atoms with Crippen LogP contribution in [0.15, 0.2) is 0 Å². The molecule has 2 heterocycles. The fraction of sp³-hybridized carbons (Fsp3) is 0.692. The first kappa shape index (κ1) is 14.5. The highest BCUT2D eigenvalue weighted by Gasteiger charge is 2.21. The number of hydrogen-bond donors (Lipinski definition) is 1. The number of fused-ring (bicyclic) bond motifs is 1. The fourth-order valence-corrected chi connectivity index (χ4v) is 2.31. The molecule has 2 rings (SSSR count). The van der Waals surface area contributed by atoms with Crippen LogP contribution in [-0.2, 0) is 17.8 Å². The summed E-state index contributed by atoms with van der Waals surface area (Å²) >= 11 is 0. The molecule has 0 fully saturated rings. The molecule has 7 heteroatoms. The monoisotopic (exact) mass is 276 g/mol. The summed E-state index contributed by atoms with van der Waals surface area (Å²) in [6.45, 7) is 3.43. The minimum absolute atomic E-state index is 0.0146. The highest BCUT2D eigenvalue weighted by molar-refractivity contribution is 5.78. The van der Waals surface area contributed by atoms with E-state index >= 15 is 0 Å². The Hall–Kier alpha value is -1.94. The lowest BCUT2D eigenvalue weighted by molar-refractivity contribution is -0.129. The van der Waals surface area contributed by atoms with Crippen LogP contribution in [0.5, 0.6) is 0 Å². The largest absolute Gasteiger partial charge is 0.344 e. The van der Waals surface area contributed by atoms with E-state index in [1.165, 1.54) is 0 Å². The van der Waals surface area contributed by atoms with Gasteiger partial charge in [0.2, 0.25) is 5.91 Å². The molecule has 0 unspecified atom stereocenters. The lowest BCUT2D eigenvalue weighted by Gasteiger charge is -2.24. The van der Waals surface area contributed by atoms with Crippen LogP contribution >= 0.6 is 0 Å². The van der Waals surface area contributed by atoms with Crippen LogP contribution < -0.4 is 5.32 Å². The minimum atomic E-state index is 0.0146. The van der Waals surface area contributed by atoms with Gasteiger partial charge in [-0.25, -0.2) is 9.67 Å². The predicted molar refractivity (Wildman–Crippen MR) is 72.7 cm³/mol. The van der Waals surface area contributed by atoms with Crippen molar-refractivity contribution in [3.63, 3.8) is 0 Å². The third-order valence-electron chi connectivity index (χ3n) is 3.49. The Balaban J connectivity index is 1.78. The van der Waals surface area contributed by atoms with Gasteiger partial charge in [-0.2, -0.15) is 10.4 Å². The van der Waals surface area contributed by atoms with Crippen LogP contribution in [-0.4, -0.2) is 51.8 Å². The summed E-state index contributed by atoms with van der Waals surface area (Å²) in [5, 5.41) is 16.1. The van der Waals surface area contributed by atoms with Crippen molar-refractivity contribution in [3.05, 3.63) is 11.6 Å². The van der Waals surface area contributed by atoms with E-state index in [9.17, 15) is 4.79 Å². The number of carbonyl (C=O) groups excluding carboxylic acids is 1. The van der Waals surface area contributed by atoms with Crippen LogP contribution in [0, 0.1) is 18.3 Å². The number of nitrogens with zero attached hydrogens (tertiary/aromatic N) is 5. The molecule has 7 nitrogen and oxygen atoms in total. The molecule has 1 aromatic heterocycles. The van der Waals surface area contributed by atoms with Crippen molar-refractivity contribution in [1.82, 2.24) is 25.0 Å². The molecule has 0 saturated heterocycles. The van der Waals surface area contributed by atoms with Gasteiger partial charge in [-0.3, -0.25) is 4.79 Å². The first-order valence-electron chi connectivity index (χ1n) is 6.84. The molecule has 0 bridgehead atoms. The van der Waals surface area contributed by atoms with E-state index in [-0.39, 0.29) is 11.9 Å². The summed E-state index contributed by atoms with van der Waals surface area (Å²) in [5.41, 5.74) is 0. The first-order chi connectivity index (χ1) is 9.60. The molecule has 1 aromatic rings. The Morgan fingerprint density at radius 2 is 2.45 bits per heavy atom. The Labute approximate surface area is 118 Å². The zero-order valence-electron chi connectivity index (χ0n) is 12.0. The molecule has 1 N–H and O–H groups in total. The third-order valence-corrected chi connectivity index (χ3v) is 3.49. The summed E-state index contributed by atoms with van der Waals surface area (Å²) < 4.78 is 1.92. The molecule has 0 saturated carbocycles. The van der Waals surface area contributed by atoms with E-state index in [4.69, 9.17) is 5.26 Å². The number of aromatic nitrogens is 3. The topological polar surface area (TPSA) is 86.8 Å². The predicted octanol–water partition coefficient (Wildman–Crippen LogP) is -0.137. The molecule has 1 amide bonds. The quantitative estimate of drug-likeness (QED) is 0.809. The van der Waals surface area contributed by atoms with E-state index in [1.54, 1.807) is 11.9 Å². The molecule has 0 spiro atoms. The SMILES string of the molecule is Cc1nc2n(n1)C[C@@H](NCC(=O)N(C)CCC#N)CC2. The number of hydrogen-bond acceptors (Lipinski definition) is 5. The highest BCUT2D eigenvalue weighted by atomic mass is 16.2. The smallest absolute Gasteiger partial charge is 0.236 e. The summed E-state index contributed by atoms with van der Waals surface area (Å²) in [4.78, 5) is 17.8. The van der Waals surface area contributed by atoms with Gasteiger partial charge >= 0.3 is 0 Å². The number of amides is 1. The Morgan fingerprint density at radius 3 is 3.20 bits per heavy atom. The maximum absolute atomic E-state index is 11.9. The van der Waals surface area contributed by atoms with E-state index in [2.05, 4.69) is 15.4 Å². The Kier molecular flexibility index (Phi) is 4.69. The molecule has 1 aliphatic heterocycles. The second-order valence-corrected chi connectivity index (χ2v) is 5.10. The fourth-order valence-electron chi connectivity index (χ4n) is 2.31. The lowest BCUT2D eigenvalue weighted by Crippen LogP contribution is -2.44. The molecule has 108 valence electrons. The maximum Gasteiger partial charge on any atom is 0.236 e. The average molecular weight is 276 g/mol.